The van der Waals surface area contributed by atoms with Gasteiger partial charge in [-0.05, 0) is 18.2 Å². The summed E-state index contributed by atoms with van der Waals surface area (Å²) in [6.07, 6.45) is -1.14. The molecule has 1 aromatic carbocycles. The molecule has 0 aliphatic heterocycles. The third-order valence-electron chi connectivity index (χ3n) is 1.67. The topological polar surface area (TPSA) is 78.0 Å². The van der Waals surface area contributed by atoms with Crippen LogP contribution >= 0.6 is 15.9 Å². The average Bonchev–Trinajstić information content (AvgIpc) is 2.44. The third-order valence-corrected chi connectivity index (χ3v) is 2.16. The van der Waals surface area contributed by atoms with E-state index in [0.717, 1.165) is 15.5 Å². The van der Waals surface area contributed by atoms with Crippen LogP contribution in [0.25, 0.3) is 11.0 Å². The van der Waals surface area contributed by atoms with E-state index < -0.39 is 6.09 Å². The van der Waals surface area contributed by atoms with Crippen LogP contribution in [0.3, 0.4) is 0 Å². The van der Waals surface area contributed by atoms with Crippen molar-refractivity contribution in [3.05, 3.63) is 22.7 Å². The molecule has 2 rings (SSSR count). The van der Waals surface area contributed by atoms with Gasteiger partial charge < -0.3 is 10.1 Å². The number of hydrogen-bond acceptors (Lipinski definition) is 2. The van der Waals surface area contributed by atoms with Crippen molar-refractivity contribution in [3.8, 4) is 0 Å². The Morgan fingerprint density at radius 1 is 1.57 bits per heavy atom. The van der Waals surface area contributed by atoms with Gasteiger partial charge in [0.15, 0.2) is 0 Å². The van der Waals surface area contributed by atoms with Crippen LogP contribution < -0.4 is 5.32 Å². The number of aromatic amines is 1. The highest BCUT2D eigenvalue weighted by atomic mass is 79.9. The van der Waals surface area contributed by atoms with E-state index >= 15 is 0 Å². The summed E-state index contributed by atoms with van der Waals surface area (Å²) >= 11 is 3.31. The zero-order chi connectivity index (χ0) is 10.1. The van der Waals surface area contributed by atoms with Crippen LogP contribution in [0.4, 0.5) is 10.7 Å². The quantitative estimate of drug-likeness (QED) is 0.733. The van der Waals surface area contributed by atoms with Gasteiger partial charge in [-0.25, -0.2) is 9.78 Å². The van der Waals surface area contributed by atoms with E-state index in [0.29, 0.717) is 0 Å². The minimum Gasteiger partial charge on any atom is -0.465 e. The van der Waals surface area contributed by atoms with Crippen LogP contribution in [-0.2, 0) is 0 Å². The Morgan fingerprint density at radius 2 is 2.36 bits per heavy atom. The summed E-state index contributed by atoms with van der Waals surface area (Å²) in [5.74, 6) is 0.227. The normalized spacial score (nSPS) is 10.4. The van der Waals surface area contributed by atoms with Crippen molar-refractivity contribution in [2.45, 2.75) is 0 Å². The fraction of sp³-hybridized carbons (Fsp3) is 0. The fourth-order valence-electron chi connectivity index (χ4n) is 1.14. The Morgan fingerprint density at radius 3 is 3.07 bits per heavy atom. The molecule has 0 bridgehead atoms. The number of halogens is 1. The summed E-state index contributed by atoms with van der Waals surface area (Å²) in [5, 5.41) is 10.6. The largest absolute Gasteiger partial charge is 0.465 e. The van der Waals surface area contributed by atoms with Gasteiger partial charge in [-0.15, -0.1) is 0 Å². The molecule has 0 saturated heterocycles. The highest BCUT2D eigenvalue weighted by Gasteiger charge is 2.04. The number of nitrogens with zero attached hydrogens (tertiary/aromatic N) is 1. The summed E-state index contributed by atoms with van der Waals surface area (Å²) < 4.78 is 0.913. The van der Waals surface area contributed by atoms with Crippen molar-refractivity contribution in [3.63, 3.8) is 0 Å². The number of rotatable bonds is 1. The zero-order valence-corrected chi connectivity index (χ0v) is 8.50. The molecule has 6 heteroatoms. The second kappa shape index (κ2) is 3.30. The summed E-state index contributed by atoms with van der Waals surface area (Å²) in [6.45, 7) is 0. The van der Waals surface area contributed by atoms with E-state index in [2.05, 4.69) is 31.2 Å². The highest BCUT2D eigenvalue weighted by Crippen LogP contribution is 2.19. The summed E-state index contributed by atoms with van der Waals surface area (Å²) in [4.78, 5) is 17.2. The van der Waals surface area contributed by atoms with Crippen molar-refractivity contribution >= 4 is 39.0 Å². The molecule has 72 valence electrons. The molecule has 0 atom stereocenters. The van der Waals surface area contributed by atoms with E-state index in [4.69, 9.17) is 5.11 Å². The minimum absolute atomic E-state index is 0.227. The lowest BCUT2D eigenvalue weighted by atomic mass is 10.3. The highest BCUT2D eigenvalue weighted by molar-refractivity contribution is 9.10. The van der Waals surface area contributed by atoms with Gasteiger partial charge in [0.05, 0.1) is 11.0 Å². The van der Waals surface area contributed by atoms with Crippen LogP contribution in [-0.4, -0.2) is 21.2 Å². The molecule has 1 heterocycles. The number of benzene rings is 1. The number of anilines is 1. The van der Waals surface area contributed by atoms with Crippen LogP contribution in [0.1, 0.15) is 0 Å². The van der Waals surface area contributed by atoms with Crippen LogP contribution in [0.15, 0.2) is 22.7 Å². The van der Waals surface area contributed by atoms with Gasteiger partial charge in [0.25, 0.3) is 0 Å². The molecule has 5 nitrogen and oxygen atoms in total. The van der Waals surface area contributed by atoms with Gasteiger partial charge in [0, 0.05) is 4.47 Å². The SMILES string of the molecule is O=C(O)Nc1nc2ccc(Br)cc2[nH]1. The predicted octanol–water partition coefficient (Wildman–Crippen LogP) is 2.42. The number of fused-ring (bicyclic) bond motifs is 1. The first-order chi connectivity index (χ1) is 6.65. The molecule has 0 aliphatic carbocycles. The van der Waals surface area contributed by atoms with E-state index in [-0.39, 0.29) is 5.95 Å². The number of aromatic nitrogens is 2. The number of nitrogens with one attached hydrogen (secondary N) is 2. The predicted molar refractivity (Wildman–Crippen MR) is 55.4 cm³/mol. The fourth-order valence-corrected chi connectivity index (χ4v) is 1.50. The van der Waals surface area contributed by atoms with Crippen molar-refractivity contribution in [1.82, 2.24) is 9.97 Å². The van der Waals surface area contributed by atoms with Crippen molar-refractivity contribution in [2.75, 3.05) is 5.32 Å². The van der Waals surface area contributed by atoms with Crippen LogP contribution in [0.5, 0.6) is 0 Å². The van der Waals surface area contributed by atoms with Gasteiger partial charge in [0.1, 0.15) is 0 Å². The number of imidazole rings is 1. The number of carbonyl (C=O) groups is 1. The average molecular weight is 256 g/mol. The first-order valence-electron chi connectivity index (χ1n) is 3.80. The number of H-pyrrole nitrogens is 1. The molecule has 1 amide bonds. The maximum atomic E-state index is 10.3. The maximum Gasteiger partial charge on any atom is 0.411 e. The van der Waals surface area contributed by atoms with E-state index in [1.54, 1.807) is 6.07 Å². The molecule has 14 heavy (non-hydrogen) atoms. The number of hydrogen-bond donors (Lipinski definition) is 3. The number of carboxylic acid groups (broad SMARTS) is 1. The molecular weight excluding hydrogens is 250 g/mol. The van der Waals surface area contributed by atoms with Gasteiger partial charge >= 0.3 is 6.09 Å². The molecule has 0 saturated carbocycles. The van der Waals surface area contributed by atoms with E-state index in [9.17, 15) is 4.79 Å². The molecular formula is C8H6BrN3O2. The molecule has 2 aromatic rings. The zero-order valence-electron chi connectivity index (χ0n) is 6.91. The first kappa shape index (κ1) is 9.01. The second-order valence-corrected chi connectivity index (χ2v) is 3.59. The maximum absolute atomic E-state index is 10.3. The second-order valence-electron chi connectivity index (χ2n) is 2.68. The van der Waals surface area contributed by atoms with Crippen molar-refractivity contribution < 1.29 is 9.90 Å². The Kier molecular flexibility index (Phi) is 2.12. The summed E-state index contributed by atoms with van der Waals surface area (Å²) in [5.41, 5.74) is 1.50. The van der Waals surface area contributed by atoms with E-state index in [1.807, 2.05) is 12.1 Å². The first-order valence-corrected chi connectivity index (χ1v) is 4.59. The van der Waals surface area contributed by atoms with Crippen LogP contribution in [0, 0.1) is 0 Å². The molecule has 0 unspecified atom stereocenters. The lowest BCUT2D eigenvalue weighted by molar-refractivity contribution is 0.209. The van der Waals surface area contributed by atoms with Gasteiger partial charge in [-0.2, -0.15) is 0 Å². The monoisotopic (exact) mass is 255 g/mol. The Balaban J connectivity index is 2.46. The standard InChI is InChI=1S/C8H6BrN3O2/c9-4-1-2-5-6(3-4)11-7(10-5)12-8(13)14/h1-3H,(H,13,14)(H2,10,11,12). The molecule has 0 aliphatic rings. The molecule has 3 N–H and O–H groups in total. The third kappa shape index (κ3) is 1.69. The van der Waals surface area contributed by atoms with E-state index in [1.165, 1.54) is 0 Å². The molecule has 0 radical (unpaired) electrons. The smallest absolute Gasteiger partial charge is 0.411 e. The number of amides is 1. The molecule has 0 fully saturated rings. The lowest BCUT2D eigenvalue weighted by Gasteiger charge is -1.90. The van der Waals surface area contributed by atoms with Gasteiger partial charge in [-0.1, -0.05) is 15.9 Å². The van der Waals surface area contributed by atoms with Crippen LogP contribution in [0.2, 0.25) is 0 Å². The van der Waals surface area contributed by atoms with Crippen molar-refractivity contribution in [1.29, 1.82) is 0 Å². The Hall–Kier alpha value is -1.56. The lowest BCUT2D eigenvalue weighted by Crippen LogP contribution is -2.08. The minimum atomic E-state index is -1.14. The Labute approximate surface area is 87.3 Å². The molecule has 0 spiro atoms. The van der Waals surface area contributed by atoms with Gasteiger partial charge in [0.2, 0.25) is 5.95 Å². The van der Waals surface area contributed by atoms with Crippen molar-refractivity contribution in [2.24, 2.45) is 0 Å². The van der Waals surface area contributed by atoms with Gasteiger partial charge in [-0.3, -0.25) is 5.32 Å². The summed E-state index contributed by atoms with van der Waals surface area (Å²) in [7, 11) is 0. The summed E-state index contributed by atoms with van der Waals surface area (Å²) in [6, 6.07) is 5.46. The Bertz CT molecular complexity index is 494. The molecule has 1 aromatic heterocycles.